The first-order valence-corrected chi connectivity index (χ1v) is 9.58. The van der Waals surface area contributed by atoms with Gasteiger partial charge in [0.25, 0.3) is 0 Å². The standard InChI is InChI=1S/C20H36N2O2/c1-19(2,3)17(23)15-7-11-21(12-8-15)18(24)16-9-13-22(14-10-16)20(4,5)6/h15-16H,7-14H2,1-6H3. The predicted octanol–water partition coefficient (Wildman–Crippen LogP) is 3.35. The fourth-order valence-electron chi connectivity index (χ4n) is 4.03. The molecule has 2 fully saturated rings. The monoisotopic (exact) mass is 336 g/mol. The maximum absolute atomic E-state index is 12.8. The summed E-state index contributed by atoms with van der Waals surface area (Å²) in [6.07, 6.45) is 3.61. The van der Waals surface area contributed by atoms with E-state index in [1.54, 1.807) is 0 Å². The number of carbonyl (C=O) groups excluding carboxylic acids is 2. The van der Waals surface area contributed by atoms with Crippen LogP contribution >= 0.6 is 0 Å². The van der Waals surface area contributed by atoms with Crippen molar-refractivity contribution in [2.75, 3.05) is 26.2 Å². The van der Waals surface area contributed by atoms with Crippen molar-refractivity contribution in [2.24, 2.45) is 17.3 Å². The Morgan fingerprint density at radius 1 is 0.750 bits per heavy atom. The lowest BCUT2D eigenvalue weighted by molar-refractivity contribution is -0.141. The molecule has 2 heterocycles. The fraction of sp³-hybridized carbons (Fsp3) is 0.900. The van der Waals surface area contributed by atoms with E-state index in [2.05, 4.69) is 25.7 Å². The average molecular weight is 337 g/mol. The number of Topliss-reactive ketones (excluding diaryl/α,β-unsaturated/α-hetero) is 1. The number of ketones is 1. The summed E-state index contributed by atoms with van der Waals surface area (Å²) in [4.78, 5) is 29.7. The second kappa shape index (κ2) is 7.15. The van der Waals surface area contributed by atoms with Gasteiger partial charge in [0.1, 0.15) is 5.78 Å². The summed E-state index contributed by atoms with van der Waals surface area (Å²) in [6.45, 7) is 16.2. The van der Waals surface area contributed by atoms with Crippen LogP contribution in [0.5, 0.6) is 0 Å². The van der Waals surface area contributed by atoms with E-state index in [-0.39, 0.29) is 22.8 Å². The van der Waals surface area contributed by atoms with E-state index in [1.165, 1.54) is 0 Å². The Kier molecular flexibility index (Phi) is 5.79. The summed E-state index contributed by atoms with van der Waals surface area (Å²) in [6, 6.07) is 0. The Morgan fingerprint density at radius 3 is 1.62 bits per heavy atom. The average Bonchev–Trinajstić information content (AvgIpc) is 2.52. The lowest BCUT2D eigenvalue weighted by Gasteiger charge is -2.42. The van der Waals surface area contributed by atoms with Gasteiger partial charge in [-0.3, -0.25) is 14.5 Å². The van der Waals surface area contributed by atoms with E-state index in [1.807, 2.05) is 25.7 Å². The summed E-state index contributed by atoms with van der Waals surface area (Å²) in [5.74, 6) is 0.994. The first-order valence-electron chi connectivity index (χ1n) is 9.58. The van der Waals surface area contributed by atoms with Gasteiger partial charge in [-0.2, -0.15) is 0 Å². The van der Waals surface area contributed by atoms with E-state index in [0.717, 1.165) is 51.9 Å². The Morgan fingerprint density at radius 2 is 1.21 bits per heavy atom. The number of amides is 1. The molecule has 24 heavy (non-hydrogen) atoms. The Hall–Kier alpha value is -0.900. The summed E-state index contributed by atoms with van der Waals surface area (Å²) in [7, 11) is 0. The summed E-state index contributed by atoms with van der Waals surface area (Å²) in [5, 5.41) is 0. The molecule has 0 atom stereocenters. The molecule has 2 saturated heterocycles. The van der Waals surface area contributed by atoms with Crippen molar-refractivity contribution in [3.05, 3.63) is 0 Å². The van der Waals surface area contributed by atoms with Gasteiger partial charge >= 0.3 is 0 Å². The van der Waals surface area contributed by atoms with Crippen molar-refractivity contribution in [3.8, 4) is 0 Å². The zero-order chi connectivity index (χ0) is 18.1. The van der Waals surface area contributed by atoms with Gasteiger partial charge in [0.05, 0.1) is 0 Å². The zero-order valence-corrected chi connectivity index (χ0v) is 16.5. The van der Waals surface area contributed by atoms with Crippen LogP contribution in [0.2, 0.25) is 0 Å². The molecule has 0 spiro atoms. The molecular weight excluding hydrogens is 300 g/mol. The molecule has 0 N–H and O–H groups in total. The molecule has 0 radical (unpaired) electrons. The highest BCUT2D eigenvalue weighted by Gasteiger charge is 2.36. The van der Waals surface area contributed by atoms with Crippen LogP contribution in [-0.4, -0.2) is 53.2 Å². The molecule has 138 valence electrons. The Balaban J connectivity index is 1.83. The third kappa shape index (κ3) is 4.59. The first-order chi connectivity index (χ1) is 11.0. The van der Waals surface area contributed by atoms with Crippen molar-refractivity contribution in [3.63, 3.8) is 0 Å². The number of carbonyl (C=O) groups is 2. The van der Waals surface area contributed by atoms with Crippen molar-refractivity contribution in [1.82, 2.24) is 9.80 Å². The predicted molar refractivity (Wildman–Crippen MR) is 97.8 cm³/mol. The minimum atomic E-state index is -0.267. The zero-order valence-electron chi connectivity index (χ0n) is 16.5. The molecule has 0 bridgehead atoms. The van der Waals surface area contributed by atoms with Gasteiger partial charge in [-0.05, 0) is 59.5 Å². The number of piperidine rings is 2. The molecule has 0 aromatic rings. The van der Waals surface area contributed by atoms with Gasteiger partial charge in [0, 0.05) is 35.9 Å². The smallest absolute Gasteiger partial charge is 0.225 e. The minimum Gasteiger partial charge on any atom is -0.342 e. The number of hydrogen-bond acceptors (Lipinski definition) is 3. The van der Waals surface area contributed by atoms with Crippen LogP contribution in [-0.2, 0) is 9.59 Å². The number of likely N-dealkylation sites (tertiary alicyclic amines) is 2. The van der Waals surface area contributed by atoms with Crippen LogP contribution < -0.4 is 0 Å². The molecule has 0 aromatic heterocycles. The van der Waals surface area contributed by atoms with Gasteiger partial charge in [-0.1, -0.05) is 20.8 Å². The van der Waals surface area contributed by atoms with Crippen molar-refractivity contribution in [1.29, 1.82) is 0 Å². The SMILES string of the molecule is CC(C)(C)C(=O)C1CCN(C(=O)C2CCN(C(C)(C)C)CC2)CC1. The number of hydrogen-bond donors (Lipinski definition) is 0. The molecule has 4 heteroatoms. The molecule has 4 nitrogen and oxygen atoms in total. The molecule has 2 aliphatic rings. The van der Waals surface area contributed by atoms with Gasteiger partial charge in [0.15, 0.2) is 0 Å². The van der Waals surface area contributed by atoms with Crippen molar-refractivity contribution in [2.45, 2.75) is 72.8 Å². The summed E-state index contributed by atoms with van der Waals surface area (Å²) < 4.78 is 0. The number of rotatable bonds is 2. The van der Waals surface area contributed by atoms with Crippen LogP contribution in [0.25, 0.3) is 0 Å². The van der Waals surface area contributed by atoms with E-state index in [4.69, 9.17) is 0 Å². The molecular formula is C20H36N2O2. The normalized spacial score (nSPS) is 22.7. The molecule has 1 amide bonds. The van der Waals surface area contributed by atoms with E-state index >= 15 is 0 Å². The van der Waals surface area contributed by atoms with Gasteiger partial charge in [-0.15, -0.1) is 0 Å². The van der Waals surface area contributed by atoms with Crippen LogP contribution in [0, 0.1) is 17.3 Å². The molecule has 0 unspecified atom stereocenters. The molecule has 2 aliphatic heterocycles. The molecule has 2 rings (SSSR count). The lowest BCUT2D eigenvalue weighted by atomic mass is 9.78. The van der Waals surface area contributed by atoms with Crippen LogP contribution in [0.15, 0.2) is 0 Å². The maximum atomic E-state index is 12.8. The summed E-state index contributed by atoms with van der Waals surface area (Å²) >= 11 is 0. The minimum absolute atomic E-state index is 0.136. The van der Waals surface area contributed by atoms with E-state index in [9.17, 15) is 9.59 Å². The highest BCUT2D eigenvalue weighted by molar-refractivity contribution is 5.86. The number of nitrogens with zero attached hydrogens (tertiary/aromatic N) is 2. The summed E-state index contributed by atoms with van der Waals surface area (Å²) in [5.41, 5.74) is -0.0731. The molecule has 0 aliphatic carbocycles. The second-order valence-corrected chi connectivity index (χ2v) is 9.65. The Bertz CT molecular complexity index is 457. The van der Waals surface area contributed by atoms with Gasteiger partial charge in [-0.25, -0.2) is 0 Å². The van der Waals surface area contributed by atoms with Crippen molar-refractivity contribution < 1.29 is 9.59 Å². The molecule has 0 saturated carbocycles. The van der Waals surface area contributed by atoms with Crippen LogP contribution in [0.4, 0.5) is 0 Å². The van der Waals surface area contributed by atoms with Crippen LogP contribution in [0.3, 0.4) is 0 Å². The Labute approximate surface area is 148 Å². The topological polar surface area (TPSA) is 40.6 Å². The van der Waals surface area contributed by atoms with Crippen molar-refractivity contribution >= 4 is 11.7 Å². The van der Waals surface area contributed by atoms with E-state index in [0.29, 0.717) is 11.7 Å². The lowest BCUT2D eigenvalue weighted by Crippen LogP contribution is -2.50. The fourth-order valence-corrected chi connectivity index (χ4v) is 4.03. The van der Waals surface area contributed by atoms with Crippen LogP contribution in [0.1, 0.15) is 67.2 Å². The van der Waals surface area contributed by atoms with E-state index < -0.39 is 0 Å². The van der Waals surface area contributed by atoms with Gasteiger partial charge in [0.2, 0.25) is 5.91 Å². The third-order valence-corrected chi connectivity index (χ3v) is 5.71. The third-order valence-electron chi connectivity index (χ3n) is 5.71. The quantitative estimate of drug-likeness (QED) is 0.776. The largest absolute Gasteiger partial charge is 0.342 e. The highest BCUT2D eigenvalue weighted by atomic mass is 16.2. The molecule has 0 aromatic carbocycles. The highest BCUT2D eigenvalue weighted by Crippen LogP contribution is 2.30. The van der Waals surface area contributed by atoms with Gasteiger partial charge < -0.3 is 4.90 Å². The first kappa shape index (κ1) is 19.4. The maximum Gasteiger partial charge on any atom is 0.225 e. The second-order valence-electron chi connectivity index (χ2n) is 9.65.